The van der Waals surface area contributed by atoms with Crippen molar-refractivity contribution in [2.24, 2.45) is 0 Å². The van der Waals surface area contributed by atoms with Crippen LogP contribution in [0.4, 0.5) is 0 Å². The third-order valence-electron chi connectivity index (χ3n) is 7.08. The van der Waals surface area contributed by atoms with Crippen molar-refractivity contribution >= 4 is 21.5 Å². The third kappa shape index (κ3) is 5.86. The number of benzene rings is 2. The van der Waals surface area contributed by atoms with Gasteiger partial charge in [-0.15, -0.1) is 0 Å². The summed E-state index contributed by atoms with van der Waals surface area (Å²) in [6.07, 6.45) is 1.17. The molecule has 3 unspecified atom stereocenters. The van der Waals surface area contributed by atoms with Crippen molar-refractivity contribution in [3.8, 4) is 0 Å². The lowest BCUT2D eigenvalue weighted by Crippen LogP contribution is -2.32. The molecule has 3 atom stereocenters. The summed E-state index contributed by atoms with van der Waals surface area (Å²) in [6.45, 7) is 4.66. The van der Waals surface area contributed by atoms with Crippen LogP contribution in [-0.4, -0.2) is 43.8 Å². The molecule has 2 heterocycles. The molecule has 0 saturated heterocycles. The molecule has 3 aromatic rings. The van der Waals surface area contributed by atoms with Gasteiger partial charge >= 0.3 is 0 Å². The summed E-state index contributed by atoms with van der Waals surface area (Å²) in [6, 6.07) is 19.0. The summed E-state index contributed by atoms with van der Waals surface area (Å²) < 4.78 is 39.4. The van der Waals surface area contributed by atoms with Crippen LogP contribution in [0.3, 0.4) is 0 Å². The second-order valence-electron chi connectivity index (χ2n) is 9.79. The van der Waals surface area contributed by atoms with Crippen molar-refractivity contribution in [3.63, 3.8) is 0 Å². The van der Waals surface area contributed by atoms with Crippen molar-refractivity contribution < 1.29 is 22.7 Å². The van der Waals surface area contributed by atoms with E-state index in [1.165, 1.54) is 0 Å². The lowest BCUT2D eigenvalue weighted by atomic mass is 9.84. The number of carbonyl (C=O) groups is 1. The Bertz CT molecular complexity index is 1490. The molecule has 1 amide bonds. The fourth-order valence-corrected chi connectivity index (χ4v) is 6.60. The van der Waals surface area contributed by atoms with E-state index in [2.05, 4.69) is 9.71 Å². The summed E-state index contributed by atoms with van der Waals surface area (Å²) in [5, 5.41) is 14.6. The molecule has 10 heteroatoms. The average molecular weight is 563 g/mol. The number of pyridine rings is 1. The van der Waals surface area contributed by atoms with E-state index in [1.54, 1.807) is 54.7 Å². The highest BCUT2D eigenvalue weighted by atomic mass is 32.2. The zero-order valence-corrected chi connectivity index (χ0v) is 23.3. The van der Waals surface area contributed by atoms with Crippen LogP contribution in [0, 0.1) is 5.21 Å². The van der Waals surface area contributed by atoms with Crippen molar-refractivity contribution in [2.75, 3.05) is 13.2 Å². The quantitative estimate of drug-likeness (QED) is 0.386. The van der Waals surface area contributed by atoms with E-state index in [9.17, 15) is 18.4 Å². The number of sulfonamides is 1. The molecule has 1 aliphatic heterocycles. The molecular weight excluding hydrogens is 530 g/mol. The van der Waals surface area contributed by atoms with Crippen molar-refractivity contribution in [1.82, 2.24) is 14.8 Å². The van der Waals surface area contributed by atoms with Gasteiger partial charge in [0.05, 0.1) is 24.0 Å². The molecule has 1 N–H and O–H groups in total. The molecule has 40 heavy (non-hydrogen) atoms. The lowest BCUT2D eigenvalue weighted by molar-refractivity contribution is -0.118. The minimum Gasteiger partial charge on any atom is -0.782 e. The number of carbonyl (C=O) groups excluding carboxylic acids is 1. The van der Waals surface area contributed by atoms with Gasteiger partial charge in [-0.25, -0.2) is 8.42 Å². The number of hydrogen-bond acceptors (Lipinski definition) is 8. The van der Waals surface area contributed by atoms with E-state index in [0.29, 0.717) is 30.8 Å². The van der Waals surface area contributed by atoms with E-state index < -0.39 is 28.2 Å². The topological polar surface area (TPSA) is 121 Å². The van der Waals surface area contributed by atoms with Gasteiger partial charge in [-0.05, 0) is 42.2 Å². The summed E-state index contributed by atoms with van der Waals surface area (Å²) in [5.74, 6) is -0.953. The number of nitrogens with one attached hydrogen (secondary N) is 1. The molecule has 1 aromatic heterocycles. The van der Waals surface area contributed by atoms with Gasteiger partial charge in [0.25, 0.3) is 0 Å². The summed E-state index contributed by atoms with van der Waals surface area (Å²) in [7, 11) is -3.90. The van der Waals surface area contributed by atoms with Crippen LogP contribution < -0.4 is 4.72 Å². The first-order valence-corrected chi connectivity index (χ1v) is 15.0. The molecule has 5 rings (SSSR count). The van der Waals surface area contributed by atoms with E-state index in [0.717, 1.165) is 33.0 Å². The van der Waals surface area contributed by atoms with Crippen molar-refractivity contribution in [2.45, 2.75) is 50.8 Å². The minimum atomic E-state index is -3.90. The number of hydroxylamine groups is 2. The lowest BCUT2D eigenvalue weighted by Gasteiger charge is -2.37. The predicted octanol–water partition coefficient (Wildman–Crippen LogP) is 4.42. The van der Waals surface area contributed by atoms with Crippen LogP contribution in [0.15, 0.2) is 78.5 Å². The Balaban J connectivity index is 1.37. The number of rotatable bonds is 10. The van der Waals surface area contributed by atoms with Gasteiger partial charge in [0.1, 0.15) is 6.23 Å². The van der Waals surface area contributed by atoms with Crippen LogP contribution >= 0.6 is 0 Å². The molecule has 0 fully saturated rings. The maximum absolute atomic E-state index is 13.7. The Morgan fingerprint density at radius 3 is 2.42 bits per heavy atom. The first kappa shape index (κ1) is 28.1. The molecule has 1 aliphatic carbocycles. The van der Waals surface area contributed by atoms with Crippen molar-refractivity contribution in [3.05, 3.63) is 112 Å². The standard InChI is InChI=1S/C30H32N3O6S/c1-3-38-25-18-24-27(28-23(25)11-8-16-31-28)30(39-4-2)33(35)29(24)22-14-12-21(13-15-22)19-40(36,37)32-26(34)17-20-9-6-5-7-10-20/h5-16,25,29-30H,3-4,17-19H2,1-2H3,(H,32,34)/q-1. The number of nitrogens with zero attached hydrogens (tertiary/aromatic N) is 2. The first-order chi connectivity index (χ1) is 19.3. The highest BCUT2D eigenvalue weighted by Gasteiger charge is 2.43. The number of fused-ring (bicyclic) bond motifs is 2. The maximum atomic E-state index is 13.7. The van der Waals surface area contributed by atoms with E-state index in [4.69, 9.17) is 9.47 Å². The predicted molar refractivity (Wildman–Crippen MR) is 151 cm³/mol. The fraction of sp³-hybridized carbons (Fsp3) is 0.333. The van der Waals surface area contributed by atoms with Crippen LogP contribution in [0.25, 0.3) is 5.57 Å². The zero-order valence-electron chi connectivity index (χ0n) is 22.4. The summed E-state index contributed by atoms with van der Waals surface area (Å²) >= 11 is 0. The monoisotopic (exact) mass is 562 g/mol. The second-order valence-corrected chi connectivity index (χ2v) is 11.5. The number of aromatic nitrogens is 1. The molecule has 210 valence electrons. The van der Waals surface area contributed by atoms with Crippen LogP contribution in [0.1, 0.15) is 60.4 Å². The normalized spacial score (nSPS) is 20.7. The molecule has 0 radical (unpaired) electrons. The Morgan fingerprint density at radius 1 is 1.00 bits per heavy atom. The Labute approximate surface area is 234 Å². The van der Waals surface area contributed by atoms with E-state index in [-0.39, 0.29) is 18.3 Å². The first-order valence-electron chi connectivity index (χ1n) is 13.3. The third-order valence-corrected chi connectivity index (χ3v) is 8.33. The molecule has 0 bridgehead atoms. The van der Waals surface area contributed by atoms with Gasteiger partial charge in [0, 0.05) is 43.0 Å². The molecule has 0 saturated carbocycles. The van der Waals surface area contributed by atoms with E-state index >= 15 is 0 Å². The Hall–Kier alpha value is -3.41. The number of hydrogen-bond donors (Lipinski definition) is 1. The maximum Gasteiger partial charge on any atom is 0.239 e. The number of ether oxygens (including phenoxy) is 2. The fourth-order valence-electron chi connectivity index (χ4n) is 5.48. The Kier molecular flexibility index (Phi) is 8.43. The highest BCUT2D eigenvalue weighted by Crippen LogP contribution is 2.52. The van der Waals surface area contributed by atoms with Crippen LogP contribution in [-0.2, 0) is 36.5 Å². The molecule has 9 nitrogen and oxygen atoms in total. The van der Waals surface area contributed by atoms with Gasteiger partial charge in [-0.3, -0.25) is 14.5 Å². The summed E-state index contributed by atoms with van der Waals surface area (Å²) in [5.41, 5.74) is 5.28. The highest BCUT2D eigenvalue weighted by molar-refractivity contribution is 7.89. The van der Waals surface area contributed by atoms with Crippen molar-refractivity contribution in [1.29, 1.82) is 0 Å². The molecular formula is C30H32N3O6S-. The van der Waals surface area contributed by atoms with E-state index in [1.807, 2.05) is 32.0 Å². The van der Waals surface area contributed by atoms with Gasteiger partial charge in [-0.1, -0.05) is 60.7 Å². The zero-order chi connectivity index (χ0) is 28.3. The van der Waals surface area contributed by atoms with Crippen LogP contribution in [0.5, 0.6) is 0 Å². The Morgan fingerprint density at radius 2 is 1.73 bits per heavy atom. The van der Waals surface area contributed by atoms with Crippen LogP contribution in [0.2, 0.25) is 0 Å². The molecule has 2 aromatic carbocycles. The summed E-state index contributed by atoms with van der Waals surface area (Å²) in [4.78, 5) is 16.9. The molecule has 2 aliphatic rings. The number of amides is 1. The SMILES string of the molecule is CCOC1CC2=C(c3ncccc31)C(OCC)N([O-])C2c1ccc(CS(=O)(=O)NC(=O)Cc2ccccc2)cc1. The van der Waals surface area contributed by atoms with Gasteiger partial charge in [-0.2, -0.15) is 0 Å². The van der Waals surface area contributed by atoms with Gasteiger partial charge < -0.3 is 19.7 Å². The smallest absolute Gasteiger partial charge is 0.239 e. The molecule has 0 spiro atoms. The minimum absolute atomic E-state index is 0.0286. The van der Waals surface area contributed by atoms with Gasteiger partial charge in [0.15, 0.2) is 0 Å². The second kappa shape index (κ2) is 12.0. The average Bonchev–Trinajstić information content (AvgIpc) is 3.20. The van der Waals surface area contributed by atoms with Gasteiger partial charge in [0.2, 0.25) is 15.9 Å². The largest absolute Gasteiger partial charge is 0.782 e.